The van der Waals surface area contributed by atoms with E-state index in [2.05, 4.69) is 0 Å². The number of amides is 3. The summed E-state index contributed by atoms with van der Waals surface area (Å²) in [7, 11) is 0. The maximum Gasteiger partial charge on any atom is 0.254 e. The number of ether oxygens (including phenoxy) is 6. The number of hydrogen-bond acceptors (Lipinski definition) is 9. The Hall–Kier alpha value is -1.83. The Balaban J connectivity index is 1.38. The third-order valence-electron chi connectivity index (χ3n) is 5.81. The summed E-state index contributed by atoms with van der Waals surface area (Å²) in [6.07, 6.45) is -2.12. The van der Waals surface area contributed by atoms with Crippen LogP contribution in [0.25, 0.3) is 0 Å². The fraction of sp³-hybridized carbons (Fsp3) is 0.857. The van der Waals surface area contributed by atoms with Gasteiger partial charge in [0.2, 0.25) is 0 Å². The van der Waals surface area contributed by atoms with Crippen LogP contribution < -0.4 is 0 Å². The van der Waals surface area contributed by atoms with E-state index in [1.165, 1.54) is 14.7 Å². The van der Waals surface area contributed by atoms with Crippen molar-refractivity contribution in [3.05, 3.63) is 0 Å². The van der Waals surface area contributed by atoms with Crippen LogP contribution >= 0.6 is 0 Å². The number of hydrogen-bond donors (Lipinski definition) is 0. The van der Waals surface area contributed by atoms with Gasteiger partial charge >= 0.3 is 0 Å². The smallest absolute Gasteiger partial charge is 0.254 e. The van der Waals surface area contributed by atoms with E-state index in [1.807, 2.05) is 0 Å². The third-order valence-corrected chi connectivity index (χ3v) is 5.81. The molecule has 6 atom stereocenters. The van der Waals surface area contributed by atoms with Crippen LogP contribution in [0.15, 0.2) is 0 Å². The van der Waals surface area contributed by atoms with Crippen LogP contribution in [0.1, 0.15) is 20.8 Å². The van der Waals surface area contributed by atoms with E-state index in [0.29, 0.717) is 39.6 Å². The number of carbonyl (C=O) groups excluding carboxylic acids is 3. The van der Waals surface area contributed by atoms with Gasteiger partial charge in [-0.1, -0.05) is 0 Å². The van der Waals surface area contributed by atoms with Crippen molar-refractivity contribution in [1.82, 2.24) is 14.7 Å². The summed E-state index contributed by atoms with van der Waals surface area (Å²) in [6.45, 7) is 7.93. The van der Waals surface area contributed by atoms with Crippen LogP contribution in [0.2, 0.25) is 0 Å². The minimum Gasteiger partial charge on any atom is -0.371 e. The van der Waals surface area contributed by atoms with E-state index in [-0.39, 0.29) is 56.0 Å². The van der Waals surface area contributed by atoms with Crippen LogP contribution in [0.5, 0.6) is 0 Å². The molecule has 0 aromatic rings. The number of carbonyl (C=O) groups is 3. The Morgan fingerprint density at radius 3 is 1.09 bits per heavy atom. The highest BCUT2D eigenvalue weighted by Crippen LogP contribution is 2.18. The molecule has 4 saturated heterocycles. The molecule has 4 aliphatic heterocycles. The monoisotopic (exact) mass is 471 g/mol. The van der Waals surface area contributed by atoms with Gasteiger partial charge in [0.25, 0.3) is 17.7 Å². The lowest BCUT2D eigenvalue weighted by Gasteiger charge is -2.44. The number of epoxide rings is 3. The molecule has 186 valence electrons. The SMILES string of the molecule is CC(OCC1CO1)C(=O)N1CN(C(=O)C(C)OCC2CO2)CN(C(=O)C(C)OCC2CO2)C1. The molecule has 33 heavy (non-hydrogen) atoms. The summed E-state index contributed by atoms with van der Waals surface area (Å²) in [4.78, 5) is 43.4. The van der Waals surface area contributed by atoms with Gasteiger partial charge in [-0.3, -0.25) is 14.4 Å². The van der Waals surface area contributed by atoms with Gasteiger partial charge < -0.3 is 43.1 Å². The normalized spacial score (nSPS) is 28.8. The zero-order valence-electron chi connectivity index (χ0n) is 19.3. The quantitative estimate of drug-likeness (QED) is 0.322. The highest BCUT2D eigenvalue weighted by Gasteiger charge is 2.38. The third kappa shape index (κ3) is 7.08. The standard InChI is InChI=1S/C21H33N3O9/c1-13(28-4-16-7-31-16)19(25)22-10-23(20(26)14(2)29-5-17-8-32-17)12-24(11-22)21(27)15(3)30-6-18-9-33-18/h13-18H,4-12H2,1-3H3. The molecule has 4 fully saturated rings. The Bertz CT molecular complexity index is 625. The van der Waals surface area contributed by atoms with Crippen molar-refractivity contribution in [1.29, 1.82) is 0 Å². The maximum atomic E-state index is 13.0. The Morgan fingerprint density at radius 1 is 0.636 bits per heavy atom. The van der Waals surface area contributed by atoms with Gasteiger partial charge in [0, 0.05) is 0 Å². The lowest BCUT2D eigenvalue weighted by Crippen LogP contribution is -2.63. The predicted molar refractivity (Wildman–Crippen MR) is 111 cm³/mol. The fourth-order valence-electron chi connectivity index (χ4n) is 3.40. The van der Waals surface area contributed by atoms with E-state index in [9.17, 15) is 14.4 Å². The Kier molecular flexibility index (Phi) is 7.82. The van der Waals surface area contributed by atoms with Crippen LogP contribution in [-0.4, -0.2) is 129 Å². The molecule has 4 aliphatic rings. The summed E-state index contributed by atoms with van der Waals surface area (Å²) in [5.74, 6) is -0.942. The van der Waals surface area contributed by atoms with Gasteiger partial charge in [-0.25, -0.2) is 0 Å². The van der Waals surface area contributed by atoms with Gasteiger partial charge in [0.15, 0.2) is 0 Å². The molecule has 0 aromatic heterocycles. The van der Waals surface area contributed by atoms with Gasteiger partial charge in [0.1, 0.15) is 36.6 Å². The first-order chi connectivity index (χ1) is 15.8. The van der Waals surface area contributed by atoms with E-state index in [0.717, 1.165) is 0 Å². The van der Waals surface area contributed by atoms with Crippen molar-refractivity contribution >= 4 is 17.7 Å². The van der Waals surface area contributed by atoms with Crippen molar-refractivity contribution in [2.75, 3.05) is 59.6 Å². The Morgan fingerprint density at radius 2 is 0.879 bits per heavy atom. The van der Waals surface area contributed by atoms with Crippen LogP contribution in [0, 0.1) is 0 Å². The second kappa shape index (κ2) is 10.6. The van der Waals surface area contributed by atoms with Gasteiger partial charge in [-0.05, 0) is 20.8 Å². The molecule has 0 spiro atoms. The van der Waals surface area contributed by atoms with E-state index in [4.69, 9.17) is 28.4 Å². The van der Waals surface area contributed by atoms with E-state index >= 15 is 0 Å². The first kappa shape index (κ1) is 24.3. The van der Waals surface area contributed by atoms with Crippen molar-refractivity contribution in [2.45, 2.75) is 57.4 Å². The Labute approximate surface area is 192 Å². The molecule has 0 N–H and O–H groups in total. The molecule has 0 aliphatic carbocycles. The molecular weight excluding hydrogens is 438 g/mol. The average molecular weight is 472 g/mol. The molecule has 0 radical (unpaired) electrons. The zero-order chi connectivity index (χ0) is 23.5. The summed E-state index contributed by atoms with van der Waals surface area (Å²) < 4.78 is 32.2. The van der Waals surface area contributed by atoms with Crippen molar-refractivity contribution in [2.24, 2.45) is 0 Å². The van der Waals surface area contributed by atoms with Crippen molar-refractivity contribution < 1.29 is 42.8 Å². The number of rotatable bonds is 12. The lowest BCUT2D eigenvalue weighted by molar-refractivity contribution is -0.171. The predicted octanol–water partition coefficient (Wildman–Crippen LogP) is -1.23. The first-order valence-corrected chi connectivity index (χ1v) is 11.4. The fourth-order valence-corrected chi connectivity index (χ4v) is 3.40. The van der Waals surface area contributed by atoms with Crippen LogP contribution in [0.3, 0.4) is 0 Å². The van der Waals surface area contributed by atoms with Crippen molar-refractivity contribution in [3.8, 4) is 0 Å². The second-order valence-corrected chi connectivity index (χ2v) is 8.85. The molecule has 12 heteroatoms. The van der Waals surface area contributed by atoms with Crippen molar-refractivity contribution in [3.63, 3.8) is 0 Å². The van der Waals surface area contributed by atoms with Gasteiger partial charge in [-0.15, -0.1) is 0 Å². The topological polar surface area (TPSA) is 126 Å². The molecule has 6 unspecified atom stereocenters. The molecule has 0 aromatic carbocycles. The number of nitrogens with zero attached hydrogens (tertiary/aromatic N) is 3. The van der Waals surface area contributed by atoms with E-state index in [1.54, 1.807) is 20.8 Å². The lowest BCUT2D eigenvalue weighted by atomic mass is 10.2. The molecule has 3 amide bonds. The van der Waals surface area contributed by atoms with Crippen LogP contribution in [-0.2, 0) is 42.8 Å². The molecule has 12 nitrogen and oxygen atoms in total. The minimum absolute atomic E-state index is 0.0275. The molecular formula is C21H33N3O9. The van der Waals surface area contributed by atoms with E-state index < -0.39 is 18.3 Å². The second-order valence-electron chi connectivity index (χ2n) is 8.85. The summed E-state index contributed by atoms with van der Waals surface area (Å²) in [6, 6.07) is 0. The summed E-state index contributed by atoms with van der Waals surface area (Å²) in [5.41, 5.74) is 0. The molecule has 4 heterocycles. The summed E-state index contributed by atoms with van der Waals surface area (Å²) in [5, 5.41) is 0. The van der Waals surface area contributed by atoms with Gasteiger partial charge in [0.05, 0.1) is 59.6 Å². The molecule has 0 saturated carbocycles. The average Bonchev–Trinajstić information content (AvgIpc) is 3.66. The zero-order valence-corrected chi connectivity index (χ0v) is 19.3. The highest BCUT2D eigenvalue weighted by molar-refractivity contribution is 5.86. The summed E-state index contributed by atoms with van der Waals surface area (Å²) >= 11 is 0. The maximum absolute atomic E-state index is 13.0. The highest BCUT2D eigenvalue weighted by atomic mass is 16.6. The van der Waals surface area contributed by atoms with Gasteiger partial charge in [-0.2, -0.15) is 0 Å². The molecule has 0 bridgehead atoms. The first-order valence-electron chi connectivity index (χ1n) is 11.4. The largest absolute Gasteiger partial charge is 0.371 e. The minimum atomic E-state index is -0.734. The molecule has 4 rings (SSSR count). The van der Waals surface area contributed by atoms with Crippen LogP contribution in [0.4, 0.5) is 0 Å².